The van der Waals surface area contributed by atoms with Gasteiger partial charge in [-0.3, -0.25) is 4.79 Å². The van der Waals surface area contributed by atoms with Crippen LogP contribution in [0.2, 0.25) is 0 Å². The first-order chi connectivity index (χ1) is 9.46. The molecule has 0 aromatic heterocycles. The summed E-state index contributed by atoms with van der Waals surface area (Å²) in [7, 11) is 0. The number of benzene rings is 1. The van der Waals surface area contributed by atoms with Crippen LogP contribution in [0.4, 0.5) is 0 Å². The number of rotatable bonds is 1. The van der Waals surface area contributed by atoms with E-state index in [-0.39, 0.29) is 11.2 Å². The van der Waals surface area contributed by atoms with E-state index in [1.807, 2.05) is 26.0 Å². The van der Waals surface area contributed by atoms with E-state index in [0.717, 1.165) is 46.8 Å². The van der Waals surface area contributed by atoms with Crippen LogP contribution in [0.25, 0.3) is 5.57 Å². The molecule has 0 bridgehead atoms. The number of carbonyl (C=O) groups excluding carboxylic acids is 1. The van der Waals surface area contributed by atoms with Crippen molar-refractivity contribution in [2.24, 2.45) is 5.41 Å². The molecule has 1 fully saturated rings. The minimum Gasteiger partial charge on any atom is -0.511 e. The summed E-state index contributed by atoms with van der Waals surface area (Å²) in [6.07, 6.45) is 4.60. The summed E-state index contributed by atoms with van der Waals surface area (Å²) < 4.78 is 0.985. The molecule has 0 radical (unpaired) electrons. The zero-order chi connectivity index (χ0) is 14.5. The Kier molecular flexibility index (Phi) is 3.28. The first-order valence-corrected chi connectivity index (χ1v) is 7.98. The SMILES string of the molecule is Cc1ccc(Br)c(C)c1C1=C(O)C2(CCCC2)CC1=O. The third kappa shape index (κ3) is 1.86. The van der Waals surface area contributed by atoms with Crippen LogP contribution >= 0.6 is 15.9 Å². The largest absolute Gasteiger partial charge is 0.511 e. The molecular formula is C17H19BrO2. The van der Waals surface area contributed by atoms with Gasteiger partial charge in [-0.05, 0) is 49.4 Å². The number of aliphatic hydroxyl groups is 1. The van der Waals surface area contributed by atoms with E-state index in [9.17, 15) is 9.90 Å². The molecule has 106 valence electrons. The number of hydrogen-bond donors (Lipinski definition) is 1. The van der Waals surface area contributed by atoms with E-state index in [1.54, 1.807) is 0 Å². The van der Waals surface area contributed by atoms with E-state index < -0.39 is 0 Å². The first kappa shape index (κ1) is 13.9. The highest BCUT2D eigenvalue weighted by atomic mass is 79.9. The molecule has 2 aliphatic carbocycles. The smallest absolute Gasteiger partial charge is 0.167 e. The number of carbonyl (C=O) groups is 1. The van der Waals surface area contributed by atoms with Crippen LogP contribution in [0.1, 0.15) is 48.8 Å². The molecule has 0 amide bonds. The fraction of sp³-hybridized carbons (Fsp3) is 0.471. The van der Waals surface area contributed by atoms with Crippen LogP contribution in [0.15, 0.2) is 22.4 Å². The van der Waals surface area contributed by atoms with E-state index in [2.05, 4.69) is 15.9 Å². The van der Waals surface area contributed by atoms with Gasteiger partial charge in [0.25, 0.3) is 0 Å². The number of Topliss-reactive ketones (excluding diaryl/α,β-unsaturated/α-hetero) is 1. The van der Waals surface area contributed by atoms with Crippen molar-refractivity contribution < 1.29 is 9.90 Å². The first-order valence-electron chi connectivity index (χ1n) is 7.19. The Hall–Kier alpha value is -1.09. The fourth-order valence-electron chi connectivity index (χ4n) is 3.81. The molecule has 2 nitrogen and oxygen atoms in total. The maximum absolute atomic E-state index is 12.5. The summed E-state index contributed by atoms with van der Waals surface area (Å²) in [5.41, 5.74) is 3.33. The lowest BCUT2D eigenvalue weighted by Crippen LogP contribution is -2.16. The number of aryl methyl sites for hydroxylation is 1. The minimum absolute atomic E-state index is 0.105. The molecule has 1 saturated carbocycles. The van der Waals surface area contributed by atoms with Gasteiger partial charge in [0.15, 0.2) is 5.78 Å². The number of allylic oxidation sites excluding steroid dienone is 2. The van der Waals surface area contributed by atoms with Gasteiger partial charge >= 0.3 is 0 Å². The second kappa shape index (κ2) is 4.73. The number of halogens is 1. The molecule has 2 aliphatic rings. The quantitative estimate of drug-likeness (QED) is 0.795. The van der Waals surface area contributed by atoms with Crippen molar-refractivity contribution in [1.82, 2.24) is 0 Å². The Morgan fingerprint density at radius 2 is 1.85 bits per heavy atom. The molecule has 0 saturated heterocycles. The summed E-state index contributed by atoms with van der Waals surface area (Å²) in [6.45, 7) is 4.00. The zero-order valence-electron chi connectivity index (χ0n) is 11.9. The highest BCUT2D eigenvalue weighted by molar-refractivity contribution is 9.10. The standard InChI is InChI=1S/C17H19BrO2/c1-10-5-6-12(18)11(2)14(10)15-13(19)9-17(16(15)20)7-3-4-8-17/h5-6,20H,3-4,7-9H2,1-2H3. The van der Waals surface area contributed by atoms with Gasteiger partial charge in [-0.2, -0.15) is 0 Å². The second-order valence-corrected chi connectivity index (χ2v) is 7.03. The highest BCUT2D eigenvalue weighted by Gasteiger charge is 2.48. The molecular weight excluding hydrogens is 316 g/mol. The van der Waals surface area contributed by atoms with E-state index in [0.29, 0.717) is 17.8 Å². The molecule has 1 spiro atoms. The summed E-state index contributed by atoms with van der Waals surface area (Å²) in [4.78, 5) is 12.5. The third-order valence-corrected chi connectivity index (χ3v) is 5.79. The Balaban J connectivity index is 2.21. The van der Waals surface area contributed by atoms with E-state index in [1.165, 1.54) is 0 Å². The predicted octanol–water partition coefficient (Wildman–Crippen LogP) is 4.87. The lowest BCUT2D eigenvalue weighted by molar-refractivity contribution is -0.114. The van der Waals surface area contributed by atoms with Crippen molar-refractivity contribution in [3.63, 3.8) is 0 Å². The van der Waals surface area contributed by atoms with Gasteiger partial charge in [0, 0.05) is 16.3 Å². The third-order valence-electron chi connectivity index (χ3n) is 4.93. The molecule has 1 aromatic rings. The van der Waals surface area contributed by atoms with Gasteiger partial charge in [-0.1, -0.05) is 34.8 Å². The monoisotopic (exact) mass is 334 g/mol. The Morgan fingerprint density at radius 1 is 1.20 bits per heavy atom. The van der Waals surface area contributed by atoms with Crippen LogP contribution in [0.3, 0.4) is 0 Å². The van der Waals surface area contributed by atoms with Crippen molar-refractivity contribution in [2.45, 2.75) is 46.0 Å². The van der Waals surface area contributed by atoms with Gasteiger partial charge in [-0.25, -0.2) is 0 Å². The Morgan fingerprint density at radius 3 is 2.50 bits per heavy atom. The summed E-state index contributed by atoms with van der Waals surface area (Å²) in [5, 5.41) is 10.7. The average Bonchev–Trinajstić information content (AvgIpc) is 2.96. The zero-order valence-corrected chi connectivity index (χ0v) is 13.5. The maximum Gasteiger partial charge on any atom is 0.167 e. The van der Waals surface area contributed by atoms with Crippen LogP contribution in [0.5, 0.6) is 0 Å². The number of hydrogen-bond acceptors (Lipinski definition) is 2. The maximum atomic E-state index is 12.5. The Labute approximate surface area is 128 Å². The van der Waals surface area contributed by atoms with Crippen molar-refractivity contribution >= 4 is 27.3 Å². The van der Waals surface area contributed by atoms with E-state index >= 15 is 0 Å². The predicted molar refractivity (Wildman–Crippen MR) is 83.7 cm³/mol. The molecule has 3 heteroatoms. The highest BCUT2D eigenvalue weighted by Crippen LogP contribution is 2.54. The number of aliphatic hydroxyl groups excluding tert-OH is 1. The van der Waals surface area contributed by atoms with Gasteiger partial charge in [0.1, 0.15) is 5.76 Å². The van der Waals surface area contributed by atoms with Crippen molar-refractivity contribution in [1.29, 1.82) is 0 Å². The van der Waals surface area contributed by atoms with Crippen LogP contribution in [-0.2, 0) is 4.79 Å². The normalized spacial score (nSPS) is 21.2. The minimum atomic E-state index is -0.256. The summed E-state index contributed by atoms with van der Waals surface area (Å²) in [5.74, 6) is 0.456. The Bertz CT molecular complexity index is 622. The molecule has 0 atom stereocenters. The van der Waals surface area contributed by atoms with Crippen molar-refractivity contribution in [2.75, 3.05) is 0 Å². The van der Waals surface area contributed by atoms with E-state index in [4.69, 9.17) is 0 Å². The molecule has 1 N–H and O–H groups in total. The average molecular weight is 335 g/mol. The van der Waals surface area contributed by atoms with Crippen LogP contribution in [-0.4, -0.2) is 10.9 Å². The van der Waals surface area contributed by atoms with Gasteiger partial charge in [0.05, 0.1) is 5.57 Å². The fourth-order valence-corrected chi connectivity index (χ4v) is 4.14. The molecule has 0 heterocycles. The van der Waals surface area contributed by atoms with Crippen LogP contribution in [0, 0.1) is 19.3 Å². The summed E-state index contributed by atoms with van der Waals surface area (Å²) in [6, 6.07) is 4.00. The van der Waals surface area contributed by atoms with Crippen molar-refractivity contribution in [3.05, 3.63) is 39.1 Å². The summed E-state index contributed by atoms with van der Waals surface area (Å²) >= 11 is 3.53. The van der Waals surface area contributed by atoms with Gasteiger partial charge < -0.3 is 5.11 Å². The van der Waals surface area contributed by atoms with Crippen LogP contribution < -0.4 is 0 Å². The lowest BCUT2D eigenvalue weighted by atomic mass is 9.84. The van der Waals surface area contributed by atoms with Gasteiger partial charge in [0.2, 0.25) is 0 Å². The topological polar surface area (TPSA) is 37.3 Å². The molecule has 0 unspecified atom stereocenters. The van der Waals surface area contributed by atoms with Crippen molar-refractivity contribution in [3.8, 4) is 0 Å². The van der Waals surface area contributed by atoms with Gasteiger partial charge in [-0.15, -0.1) is 0 Å². The molecule has 3 rings (SSSR count). The molecule has 0 aliphatic heterocycles. The molecule has 20 heavy (non-hydrogen) atoms. The lowest BCUT2D eigenvalue weighted by Gasteiger charge is -2.22. The number of ketones is 1. The molecule has 1 aromatic carbocycles. The second-order valence-electron chi connectivity index (χ2n) is 6.18.